The molecule has 0 radical (unpaired) electrons. The van der Waals surface area contributed by atoms with Gasteiger partial charge in [-0.25, -0.2) is 39.9 Å². The normalized spacial score (nSPS) is 11.5. The molecule has 0 unspecified atom stereocenters. The molecule has 0 spiro atoms. The molecule has 0 aliphatic heterocycles. The largest absolute Gasteiger partial charge is 0.310 e. The maximum absolute atomic E-state index is 4.72. The predicted molar refractivity (Wildman–Crippen MR) is 223 cm³/mol. The minimum absolute atomic E-state index is 0.505. The van der Waals surface area contributed by atoms with Crippen molar-refractivity contribution in [3.05, 3.63) is 165 Å². The second-order valence-corrected chi connectivity index (χ2v) is 13.5. The highest BCUT2D eigenvalue weighted by molar-refractivity contribution is 6.08. The summed E-state index contributed by atoms with van der Waals surface area (Å²) >= 11 is 0. The van der Waals surface area contributed by atoms with Crippen LogP contribution in [-0.2, 0) is 0 Å². The first-order valence-corrected chi connectivity index (χ1v) is 18.3. The number of anilines is 3. The van der Waals surface area contributed by atoms with Crippen LogP contribution in [0.15, 0.2) is 165 Å². The Hall–Kier alpha value is -8.18. The molecule has 11 heteroatoms. The fourth-order valence-corrected chi connectivity index (χ4v) is 7.35. The molecular weight excluding hydrogens is 707 g/mol. The molecule has 0 aliphatic carbocycles. The highest BCUT2D eigenvalue weighted by Gasteiger charge is 2.16. The van der Waals surface area contributed by atoms with Crippen molar-refractivity contribution in [2.45, 2.75) is 0 Å². The maximum atomic E-state index is 4.72. The van der Waals surface area contributed by atoms with E-state index in [0.29, 0.717) is 22.6 Å². The Morgan fingerprint density at radius 2 is 0.895 bits per heavy atom. The lowest BCUT2D eigenvalue weighted by molar-refractivity contribution is 1.16. The molecule has 5 aromatic carbocycles. The summed E-state index contributed by atoms with van der Waals surface area (Å²) in [6.45, 7) is 0. The molecule has 6 heterocycles. The van der Waals surface area contributed by atoms with E-state index in [0.717, 1.165) is 83.3 Å². The first kappa shape index (κ1) is 32.3. The van der Waals surface area contributed by atoms with E-state index in [1.54, 1.807) is 37.2 Å². The summed E-state index contributed by atoms with van der Waals surface area (Å²) in [5, 5.41) is 4.38. The quantitative estimate of drug-likeness (QED) is 0.151. The Morgan fingerprint density at radius 3 is 1.56 bits per heavy atom. The zero-order valence-electron chi connectivity index (χ0n) is 30.0. The molecule has 0 saturated heterocycles. The van der Waals surface area contributed by atoms with Gasteiger partial charge in [0.25, 0.3) is 0 Å². The minimum atomic E-state index is 0.505. The Bertz CT molecular complexity index is 3190. The standard InChI is InChI=1S/C46H27N11/c1-2-30-10-16-38-37(17-19-48-42(38)41(30)47-18-1)33-4-3-32-25-36(15-9-31(32)24-33)57(34-11-5-28(6-12-34)39-26-53-43-45(55-39)51-22-20-49-43)35-13-7-29(8-14-35)40-27-54-44-46(56-40)52-23-21-50-44/h1-27H. The van der Waals surface area contributed by atoms with Crippen LogP contribution in [0.25, 0.3) is 88.8 Å². The van der Waals surface area contributed by atoms with E-state index in [-0.39, 0.29) is 0 Å². The fourth-order valence-electron chi connectivity index (χ4n) is 7.35. The van der Waals surface area contributed by atoms with Gasteiger partial charge in [0, 0.05) is 76.1 Å². The van der Waals surface area contributed by atoms with Gasteiger partial charge in [0.1, 0.15) is 0 Å². The molecular formula is C46H27N11. The van der Waals surface area contributed by atoms with Gasteiger partial charge in [-0.05, 0) is 76.5 Å². The highest BCUT2D eigenvalue weighted by atomic mass is 15.1. The smallest absolute Gasteiger partial charge is 0.198 e. The van der Waals surface area contributed by atoms with Crippen molar-refractivity contribution in [3.63, 3.8) is 0 Å². The van der Waals surface area contributed by atoms with Gasteiger partial charge in [-0.15, -0.1) is 0 Å². The molecule has 0 N–H and O–H groups in total. The molecule has 0 aliphatic rings. The summed E-state index contributed by atoms with van der Waals surface area (Å²) in [4.78, 5) is 47.2. The van der Waals surface area contributed by atoms with E-state index in [4.69, 9.17) is 15.0 Å². The van der Waals surface area contributed by atoms with E-state index in [9.17, 15) is 0 Å². The number of fused-ring (bicyclic) bond motifs is 6. The molecule has 0 atom stereocenters. The number of benzene rings is 5. The van der Waals surface area contributed by atoms with E-state index >= 15 is 0 Å². The zero-order valence-corrected chi connectivity index (χ0v) is 30.0. The van der Waals surface area contributed by atoms with Crippen LogP contribution in [0.2, 0.25) is 0 Å². The van der Waals surface area contributed by atoms with E-state index in [2.05, 4.69) is 149 Å². The monoisotopic (exact) mass is 733 g/mol. The van der Waals surface area contributed by atoms with Crippen molar-refractivity contribution in [1.29, 1.82) is 0 Å². The van der Waals surface area contributed by atoms with E-state index in [1.807, 2.05) is 18.5 Å². The molecule has 57 heavy (non-hydrogen) atoms. The lowest BCUT2D eigenvalue weighted by atomic mass is 9.97. The highest BCUT2D eigenvalue weighted by Crippen LogP contribution is 2.39. The van der Waals surface area contributed by atoms with Crippen molar-refractivity contribution in [3.8, 4) is 33.6 Å². The third-order valence-corrected chi connectivity index (χ3v) is 10.1. The van der Waals surface area contributed by atoms with Crippen LogP contribution in [-0.4, -0.2) is 49.8 Å². The van der Waals surface area contributed by atoms with Gasteiger partial charge < -0.3 is 4.90 Å². The maximum Gasteiger partial charge on any atom is 0.198 e. The molecule has 0 fully saturated rings. The summed E-state index contributed by atoms with van der Waals surface area (Å²) in [6, 6.07) is 40.2. The van der Waals surface area contributed by atoms with Crippen LogP contribution in [0.5, 0.6) is 0 Å². The van der Waals surface area contributed by atoms with Gasteiger partial charge in [0.15, 0.2) is 22.6 Å². The van der Waals surface area contributed by atoms with E-state index in [1.165, 1.54) is 0 Å². The van der Waals surface area contributed by atoms with Crippen molar-refractivity contribution < 1.29 is 0 Å². The number of nitrogens with zero attached hydrogens (tertiary/aromatic N) is 11. The first-order chi connectivity index (χ1) is 28.2. The summed E-state index contributed by atoms with van der Waals surface area (Å²) < 4.78 is 0. The van der Waals surface area contributed by atoms with Crippen molar-refractivity contribution in [1.82, 2.24) is 49.8 Å². The first-order valence-electron chi connectivity index (χ1n) is 18.3. The van der Waals surface area contributed by atoms with Crippen LogP contribution in [0, 0.1) is 0 Å². The summed E-state index contributed by atoms with van der Waals surface area (Å²) in [6.07, 6.45) is 13.6. The van der Waals surface area contributed by atoms with Crippen LogP contribution in [0.3, 0.4) is 0 Å². The van der Waals surface area contributed by atoms with Crippen LogP contribution < -0.4 is 4.90 Å². The number of hydrogen-bond acceptors (Lipinski definition) is 11. The van der Waals surface area contributed by atoms with Crippen molar-refractivity contribution in [2.24, 2.45) is 0 Å². The minimum Gasteiger partial charge on any atom is -0.310 e. The van der Waals surface area contributed by atoms with Crippen LogP contribution in [0.1, 0.15) is 0 Å². The number of rotatable bonds is 6. The van der Waals surface area contributed by atoms with Gasteiger partial charge in [-0.1, -0.05) is 60.7 Å². The second kappa shape index (κ2) is 13.3. The summed E-state index contributed by atoms with van der Waals surface area (Å²) in [7, 11) is 0. The van der Waals surface area contributed by atoms with Crippen molar-refractivity contribution in [2.75, 3.05) is 4.90 Å². The Morgan fingerprint density at radius 1 is 0.351 bits per heavy atom. The van der Waals surface area contributed by atoms with E-state index < -0.39 is 0 Å². The van der Waals surface area contributed by atoms with Crippen LogP contribution >= 0.6 is 0 Å². The third kappa shape index (κ3) is 5.78. The molecule has 11 nitrogen and oxygen atoms in total. The van der Waals surface area contributed by atoms with Gasteiger partial charge in [-0.3, -0.25) is 9.97 Å². The number of aromatic nitrogens is 10. The molecule has 11 aromatic rings. The second-order valence-electron chi connectivity index (χ2n) is 13.5. The van der Waals surface area contributed by atoms with Gasteiger partial charge >= 0.3 is 0 Å². The average molecular weight is 734 g/mol. The SMILES string of the molecule is c1cnc2c(c1)ccc1c(-c3ccc4cc(N(c5ccc(-c6cnc7nccnc7n6)cc5)c5ccc(-c6cnc7nccnc7n6)cc5)ccc4c3)ccnc12. The zero-order chi connectivity index (χ0) is 37.7. The van der Waals surface area contributed by atoms with Gasteiger partial charge in [0.05, 0.1) is 34.8 Å². The van der Waals surface area contributed by atoms with Crippen molar-refractivity contribution >= 4 is 72.2 Å². The van der Waals surface area contributed by atoms with Gasteiger partial charge in [-0.2, -0.15) is 0 Å². The molecule has 0 amide bonds. The Kier molecular flexibility index (Phi) is 7.52. The average Bonchev–Trinajstić information content (AvgIpc) is 3.29. The molecule has 11 rings (SSSR count). The number of hydrogen-bond donors (Lipinski definition) is 0. The molecule has 6 aromatic heterocycles. The Balaban J connectivity index is 0.986. The third-order valence-electron chi connectivity index (χ3n) is 10.1. The van der Waals surface area contributed by atoms with Crippen LogP contribution in [0.4, 0.5) is 17.1 Å². The van der Waals surface area contributed by atoms with Gasteiger partial charge in [0.2, 0.25) is 0 Å². The molecule has 266 valence electrons. The molecule has 0 bridgehead atoms. The number of pyridine rings is 2. The fraction of sp³-hybridized carbons (Fsp3) is 0. The summed E-state index contributed by atoms with van der Waals surface area (Å²) in [5.41, 5.74) is 12.3. The molecule has 0 saturated carbocycles. The lowest BCUT2D eigenvalue weighted by Gasteiger charge is -2.26. The predicted octanol–water partition coefficient (Wildman–Crippen LogP) is 9.87. The summed E-state index contributed by atoms with van der Waals surface area (Å²) in [5.74, 6) is 0. The lowest BCUT2D eigenvalue weighted by Crippen LogP contribution is -2.10. The Labute approximate surface area is 324 Å². The topological polar surface area (TPSA) is 132 Å².